The minimum absolute atomic E-state index is 0.0253. The number of carbonyl (C=O) groups is 1. The minimum Gasteiger partial charge on any atom is -0.392 e. The predicted octanol–water partition coefficient (Wildman–Crippen LogP) is 3.60. The number of aliphatic hydroxyl groups excluding tert-OH is 1. The molecule has 2 N–H and O–H groups in total. The van der Waals surface area contributed by atoms with Gasteiger partial charge in [0.2, 0.25) is 5.91 Å². The molecule has 2 atom stereocenters. The van der Waals surface area contributed by atoms with Crippen molar-refractivity contribution in [3.8, 4) is 0 Å². The Labute approximate surface area is 159 Å². The summed E-state index contributed by atoms with van der Waals surface area (Å²) in [7, 11) is 0. The molecule has 2 heterocycles. The van der Waals surface area contributed by atoms with Gasteiger partial charge in [-0.25, -0.2) is 0 Å². The average Bonchev–Trinajstić information content (AvgIpc) is 3.00. The fraction of sp³-hybridized carbons (Fsp3) is 0.409. The number of aromatic nitrogens is 1. The van der Waals surface area contributed by atoms with Crippen molar-refractivity contribution in [2.45, 2.75) is 45.4 Å². The number of benzene rings is 2. The van der Waals surface area contributed by atoms with Gasteiger partial charge in [-0.1, -0.05) is 18.2 Å². The molecule has 1 fully saturated rings. The Kier molecular flexibility index (Phi) is 4.89. The zero-order valence-electron chi connectivity index (χ0n) is 16.0. The highest BCUT2D eigenvalue weighted by atomic mass is 16.3. The number of hydrogen-bond donors (Lipinski definition) is 2. The van der Waals surface area contributed by atoms with Crippen LogP contribution in [0.1, 0.15) is 26.7 Å². The van der Waals surface area contributed by atoms with Crippen LogP contribution in [0.4, 0.5) is 5.69 Å². The van der Waals surface area contributed by atoms with Crippen LogP contribution in [0, 0.1) is 0 Å². The molecule has 5 nitrogen and oxygen atoms in total. The van der Waals surface area contributed by atoms with Crippen molar-refractivity contribution >= 4 is 33.4 Å². The van der Waals surface area contributed by atoms with Crippen molar-refractivity contribution in [2.75, 3.05) is 18.4 Å². The number of hydrogen-bond acceptors (Lipinski definition) is 3. The van der Waals surface area contributed by atoms with Crippen molar-refractivity contribution in [1.29, 1.82) is 0 Å². The fourth-order valence-electron chi connectivity index (χ4n) is 4.22. The maximum Gasteiger partial charge on any atom is 0.241 e. The second-order valence-corrected chi connectivity index (χ2v) is 7.45. The summed E-state index contributed by atoms with van der Waals surface area (Å²) in [5.41, 5.74) is 3.22. The van der Waals surface area contributed by atoms with Crippen LogP contribution in [0.2, 0.25) is 0 Å². The normalized spacial score (nSPS) is 19.4. The zero-order valence-corrected chi connectivity index (χ0v) is 16.0. The summed E-state index contributed by atoms with van der Waals surface area (Å²) < 4.78 is 2.30. The van der Waals surface area contributed by atoms with Crippen LogP contribution < -0.4 is 5.32 Å². The largest absolute Gasteiger partial charge is 0.392 e. The first kappa shape index (κ1) is 18.0. The number of likely N-dealkylation sites (tertiary alicyclic amines) is 1. The van der Waals surface area contributed by atoms with Crippen molar-refractivity contribution in [1.82, 2.24) is 9.47 Å². The highest BCUT2D eigenvalue weighted by molar-refractivity contribution is 6.10. The van der Waals surface area contributed by atoms with Gasteiger partial charge in [0.15, 0.2) is 0 Å². The van der Waals surface area contributed by atoms with E-state index in [1.807, 2.05) is 13.0 Å². The number of amides is 1. The SMILES string of the molecule is CCn1c2ccccc2c2cc(NC(=O)[C@@H](C)N3CCC[C@H](O)C3)ccc21. The molecule has 142 valence electrons. The number of rotatable bonds is 4. The van der Waals surface area contributed by atoms with Crippen molar-refractivity contribution in [2.24, 2.45) is 0 Å². The van der Waals surface area contributed by atoms with Crippen molar-refractivity contribution < 1.29 is 9.90 Å². The number of aliphatic hydroxyl groups is 1. The summed E-state index contributed by atoms with van der Waals surface area (Å²) in [5, 5.41) is 15.3. The van der Waals surface area contributed by atoms with Crippen LogP contribution >= 0.6 is 0 Å². The Hall–Kier alpha value is -2.37. The number of carbonyl (C=O) groups excluding carboxylic acids is 1. The van der Waals surface area contributed by atoms with Gasteiger partial charge in [-0.15, -0.1) is 0 Å². The molecule has 5 heteroatoms. The van der Waals surface area contributed by atoms with Crippen LogP contribution in [0.25, 0.3) is 21.8 Å². The number of fused-ring (bicyclic) bond motifs is 3. The summed E-state index contributed by atoms with van der Waals surface area (Å²) in [6.07, 6.45) is 1.43. The van der Waals surface area contributed by atoms with Gasteiger partial charge in [-0.3, -0.25) is 9.69 Å². The minimum atomic E-state index is -0.328. The molecule has 0 radical (unpaired) electrons. The third-order valence-electron chi connectivity index (χ3n) is 5.71. The van der Waals surface area contributed by atoms with Crippen LogP contribution in [-0.2, 0) is 11.3 Å². The maximum absolute atomic E-state index is 12.7. The zero-order chi connectivity index (χ0) is 19.0. The first-order valence-electron chi connectivity index (χ1n) is 9.82. The van der Waals surface area contributed by atoms with E-state index in [1.54, 1.807) is 0 Å². The average molecular weight is 365 g/mol. The van der Waals surface area contributed by atoms with Crippen LogP contribution in [0.3, 0.4) is 0 Å². The predicted molar refractivity (Wildman–Crippen MR) is 110 cm³/mol. The van der Waals surface area contributed by atoms with Gasteiger partial charge in [0, 0.05) is 40.6 Å². The topological polar surface area (TPSA) is 57.5 Å². The molecule has 1 amide bonds. The Bertz CT molecular complexity index is 978. The smallest absolute Gasteiger partial charge is 0.241 e. The molecule has 4 rings (SSSR count). The number of piperidine rings is 1. The summed E-state index contributed by atoms with van der Waals surface area (Å²) in [6, 6.07) is 14.3. The van der Waals surface area contributed by atoms with Gasteiger partial charge in [0.1, 0.15) is 0 Å². The van der Waals surface area contributed by atoms with E-state index in [0.717, 1.165) is 37.0 Å². The quantitative estimate of drug-likeness (QED) is 0.743. The second kappa shape index (κ2) is 7.33. The molecule has 1 aliphatic rings. The number of anilines is 1. The molecule has 3 aromatic rings. The Morgan fingerprint density at radius 3 is 2.78 bits per heavy atom. The number of nitrogens with one attached hydrogen (secondary N) is 1. The third-order valence-corrected chi connectivity index (χ3v) is 5.71. The Morgan fingerprint density at radius 2 is 2.00 bits per heavy atom. The number of aryl methyl sites for hydroxylation is 1. The van der Waals surface area contributed by atoms with Gasteiger partial charge in [-0.05, 0) is 57.5 Å². The van der Waals surface area contributed by atoms with E-state index in [1.165, 1.54) is 16.4 Å². The highest BCUT2D eigenvalue weighted by Gasteiger charge is 2.26. The maximum atomic E-state index is 12.7. The number of para-hydroxylation sites is 1. The molecule has 0 saturated carbocycles. The van der Waals surface area contributed by atoms with Gasteiger partial charge >= 0.3 is 0 Å². The number of nitrogens with zero attached hydrogens (tertiary/aromatic N) is 2. The van der Waals surface area contributed by atoms with E-state index < -0.39 is 0 Å². The van der Waals surface area contributed by atoms with Gasteiger partial charge in [0.25, 0.3) is 0 Å². The van der Waals surface area contributed by atoms with E-state index in [4.69, 9.17) is 0 Å². The summed E-state index contributed by atoms with van der Waals surface area (Å²) >= 11 is 0. The van der Waals surface area contributed by atoms with E-state index in [0.29, 0.717) is 6.54 Å². The molecule has 0 spiro atoms. The lowest BCUT2D eigenvalue weighted by Crippen LogP contribution is -2.48. The molecule has 0 unspecified atom stereocenters. The van der Waals surface area contributed by atoms with Crippen LogP contribution in [0.15, 0.2) is 42.5 Å². The van der Waals surface area contributed by atoms with E-state index in [9.17, 15) is 9.90 Å². The van der Waals surface area contributed by atoms with Crippen LogP contribution in [-0.4, -0.2) is 45.7 Å². The molecular formula is C22H27N3O2. The molecule has 2 aromatic carbocycles. The Morgan fingerprint density at radius 1 is 1.22 bits per heavy atom. The molecule has 0 bridgehead atoms. The lowest BCUT2D eigenvalue weighted by molar-refractivity contribution is -0.121. The summed E-state index contributed by atoms with van der Waals surface area (Å²) in [4.78, 5) is 14.8. The molecule has 27 heavy (non-hydrogen) atoms. The monoisotopic (exact) mass is 365 g/mol. The van der Waals surface area contributed by atoms with Crippen LogP contribution in [0.5, 0.6) is 0 Å². The molecular weight excluding hydrogens is 338 g/mol. The van der Waals surface area contributed by atoms with E-state index >= 15 is 0 Å². The second-order valence-electron chi connectivity index (χ2n) is 7.45. The first-order chi connectivity index (χ1) is 13.1. The number of β-amino-alcohol motifs (C(OH)–C–C–N with tert-alkyl or cyclic N) is 1. The van der Waals surface area contributed by atoms with Gasteiger partial charge < -0.3 is 15.0 Å². The lowest BCUT2D eigenvalue weighted by Gasteiger charge is -2.33. The fourth-order valence-corrected chi connectivity index (χ4v) is 4.22. The molecule has 1 aliphatic heterocycles. The van der Waals surface area contributed by atoms with E-state index in [2.05, 4.69) is 58.1 Å². The first-order valence-corrected chi connectivity index (χ1v) is 9.82. The van der Waals surface area contributed by atoms with Crippen molar-refractivity contribution in [3.63, 3.8) is 0 Å². The molecule has 1 aromatic heterocycles. The summed E-state index contributed by atoms with van der Waals surface area (Å²) in [6.45, 7) is 6.39. The van der Waals surface area contributed by atoms with Gasteiger partial charge in [-0.2, -0.15) is 0 Å². The summed E-state index contributed by atoms with van der Waals surface area (Å²) in [5.74, 6) is -0.0253. The highest BCUT2D eigenvalue weighted by Crippen LogP contribution is 2.31. The Balaban J connectivity index is 1.61. The lowest BCUT2D eigenvalue weighted by atomic mass is 10.1. The third kappa shape index (κ3) is 3.33. The van der Waals surface area contributed by atoms with Gasteiger partial charge in [0.05, 0.1) is 12.1 Å². The molecule has 0 aliphatic carbocycles. The molecule has 1 saturated heterocycles. The van der Waals surface area contributed by atoms with E-state index in [-0.39, 0.29) is 18.1 Å². The standard InChI is InChI=1S/C22H27N3O2/c1-3-25-20-9-5-4-8-18(20)19-13-16(10-11-21(19)25)23-22(27)15(2)24-12-6-7-17(26)14-24/h4-5,8-11,13,15,17,26H,3,6-7,12,14H2,1-2H3,(H,23,27)/t15-,17+/m1/s1. The van der Waals surface area contributed by atoms with Crippen molar-refractivity contribution in [3.05, 3.63) is 42.5 Å².